The molecule has 2 nitrogen and oxygen atoms in total. The number of nitrogens with one attached hydrogen (secondary N) is 1. The van der Waals surface area contributed by atoms with Crippen molar-refractivity contribution in [1.29, 1.82) is 0 Å². The minimum absolute atomic E-state index is 0.995. The summed E-state index contributed by atoms with van der Waals surface area (Å²) in [6, 6.07) is 6.05. The number of hydrogen-bond acceptors (Lipinski definition) is 2. The molecule has 0 bridgehead atoms. The molecule has 1 aromatic rings. The highest BCUT2D eigenvalue weighted by atomic mass is 14.9. The Hall–Kier alpha value is -1.31. The summed E-state index contributed by atoms with van der Waals surface area (Å²) < 4.78 is 0. The Bertz CT molecular complexity index is 280. The number of nitrogens with zero attached hydrogens (tertiary/aromatic N) is 1. The lowest BCUT2D eigenvalue weighted by Crippen LogP contribution is -2.14. The summed E-state index contributed by atoms with van der Waals surface area (Å²) in [5, 5.41) is 3.33. The van der Waals surface area contributed by atoms with Crippen molar-refractivity contribution in [2.45, 2.75) is 32.6 Å². The minimum atomic E-state index is 0.995. The summed E-state index contributed by atoms with van der Waals surface area (Å²) in [7, 11) is 0. The molecule has 82 valence electrons. The van der Waals surface area contributed by atoms with Crippen molar-refractivity contribution in [3.8, 4) is 0 Å². The maximum Gasteiger partial charge on any atom is 0.0404 e. The van der Waals surface area contributed by atoms with Crippen LogP contribution in [0, 0.1) is 0 Å². The second-order valence-corrected chi connectivity index (χ2v) is 3.70. The Morgan fingerprint density at radius 2 is 2.33 bits per heavy atom. The van der Waals surface area contributed by atoms with Gasteiger partial charge in [-0.25, -0.2) is 0 Å². The van der Waals surface area contributed by atoms with Crippen molar-refractivity contribution in [2.24, 2.45) is 0 Å². The van der Waals surface area contributed by atoms with Crippen molar-refractivity contribution >= 4 is 0 Å². The maximum atomic E-state index is 4.28. The summed E-state index contributed by atoms with van der Waals surface area (Å²) >= 11 is 0. The molecular formula is C13H20N2. The van der Waals surface area contributed by atoms with Crippen LogP contribution in [0.2, 0.25) is 0 Å². The fourth-order valence-corrected chi connectivity index (χ4v) is 1.47. The fourth-order valence-electron chi connectivity index (χ4n) is 1.47. The quantitative estimate of drug-likeness (QED) is 0.691. The predicted molar refractivity (Wildman–Crippen MR) is 64.6 cm³/mol. The third kappa shape index (κ3) is 5.21. The van der Waals surface area contributed by atoms with E-state index < -0.39 is 0 Å². The van der Waals surface area contributed by atoms with E-state index in [1.165, 1.54) is 5.69 Å². The molecular weight excluding hydrogens is 184 g/mol. The van der Waals surface area contributed by atoms with Crippen LogP contribution in [0.5, 0.6) is 0 Å². The lowest BCUT2D eigenvalue weighted by Gasteiger charge is -2.07. The van der Waals surface area contributed by atoms with Gasteiger partial charge in [-0.15, -0.1) is 0 Å². The van der Waals surface area contributed by atoms with Crippen molar-refractivity contribution in [2.75, 3.05) is 6.54 Å². The third-order valence-corrected chi connectivity index (χ3v) is 2.26. The number of allylic oxidation sites excluding steroid dienone is 1. The van der Waals surface area contributed by atoms with Crippen molar-refractivity contribution in [3.63, 3.8) is 0 Å². The monoisotopic (exact) mass is 204 g/mol. The van der Waals surface area contributed by atoms with E-state index in [2.05, 4.69) is 29.9 Å². The molecule has 0 atom stereocenters. The van der Waals surface area contributed by atoms with Gasteiger partial charge in [-0.05, 0) is 31.4 Å². The van der Waals surface area contributed by atoms with Crippen LogP contribution in [0.1, 0.15) is 31.9 Å². The predicted octanol–water partition coefficient (Wildman–Crippen LogP) is 2.92. The van der Waals surface area contributed by atoms with E-state index in [0.717, 1.165) is 37.9 Å². The molecule has 0 radical (unpaired) electrons. The zero-order valence-electron chi connectivity index (χ0n) is 9.50. The molecule has 1 rings (SSSR count). The topological polar surface area (TPSA) is 24.9 Å². The van der Waals surface area contributed by atoms with Crippen molar-refractivity contribution in [3.05, 3.63) is 42.4 Å². The molecule has 1 N–H and O–H groups in total. The Balaban J connectivity index is 2.10. The van der Waals surface area contributed by atoms with Gasteiger partial charge in [-0.2, -0.15) is 0 Å². The van der Waals surface area contributed by atoms with Gasteiger partial charge in [0.2, 0.25) is 0 Å². The molecule has 0 saturated heterocycles. The van der Waals surface area contributed by atoms with E-state index in [1.807, 2.05) is 18.3 Å². The van der Waals surface area contributed by atoms with E-state index in [1.54, 1.807) is 0 Å². The van der Waals surface area contributed by atoms with E-state index in [9.17, 15) is 0 Å². The molecule has 1 aromatic heterocycles. The van der Waals surface area contributed by atoms with Gasteiger partial charge in [-0.3, -0.25) is 4.98 Å². The molecule has 1 heterocycles. The molecule has 0 spiro atoms. The van der Waals surface area contributed by atoms with Crippen LogP contribution in [0.15, 0.2) is 36.7 Å². The first-order chi connectivity index (χ1) is 7.33. The zero-order valence-corrected chi connectivity index (χ0v) is 9.50. The van der Waals surface area contributed by atoms with Gasteiger partial charge in [0, 0.05) is 24.1 Å². The molecule has 0 aliphatic rings. The highest BCUT2D eigenvalue weighted by Crippen LogP contribution is 2.00. The van der Waals surface area contributed by atoms with E-state index in [4.69, 9.17) is 0 Å². The van der Waals surface area contributed by atoms with Gasteiger partial charge in [0.15, 0.2) is 0 Å². The van der Waals surface area contributed by atoms with Crippen LogP contribution in [-0.4, -0.2) is 11.5 Å². The Morgan fingerprint density at radius 1 is 1.47 bits per heavy atom. The molecule has 0 aliphatic carbocycles. The first-order valence-electron chi connectivity index (χ1n) is 5.64. The molecule has 0 aromatic carbocycles. The molecule has 0 fully saturated rings. The van der Waals surface area contributed by atoms with Gasteiger partial charge in [0.25, 0.3) is 0 Å². The molecule has 0 amide bonds. The molecule has 15 heavy (non-hydrogen) atoms. The summed E-state index contributed by atoms with van der Waals surface area (Å²) in [6.07, 6.45) is 6.22. The van der Waals surface area contributed by atoms with Gasteiger partial charge >= 0.3 is 0 Å². The minimum Gasteiger partial charge on any atom is -0.389 e. The summed E-state index contributed by atoms with van der Waals surface area (Å²) in [4.78, 5) is 4.28. The summed E-state index contributed by atoms with van der Waals surface area (Å²) in [5.74, 6) is 0. The average Bonchev–Trinajstić information content (AvgIpc) is 2.26. The Kier molecular flexibility index (Phi) is 5.52. The van der Waals surface area contributed by atoms with Gasteiger partial charge < -0.3 is 5.32 Å². The van der Waals surface area contributed by atoms with Crippen LogP contribution in [-0.2, 0) is 6.42 Å². The molecule has 0 unspecified atom stereocenters. The Labute approximate surface area is 92.4 Å². The standard InChI is InChI=1S/C13H20N2/c1-3-7-12(2)14-11-6-9-13-8-4-5-10-15-13/h4-5,8,10,14H,2-3,6-7,9,11H2,1H3. The van der Waals surface area contributed by atoms with Crippen molar-refractivity contribution in [1.82, 2.24) is 10.3 Å². The lowest BCUT2D eigenvalue weighted by molar-refractivity contribution is 0.685. The highest BCUT2D eigenvalue weighted by Gasteiger charge is 1.94. The Morgan fingerprint density at radius 3 is 3.00 bits per heavy atom. The zero-order chi connectivity index (χ0) is 10.9. The molecule has 2 heteroatoms. The molecule has 0 saturated carbocycles. The largest absolute Gasteiger partial charge is 0.389 e. The first kappa shape index (κ1) is 11.8. The van der Waals surface area contributed by atoms with E-state index in [-0.39, 0.29) is 0 Å². The number of rotatable bonds is 7. The maximum absolute atomic E-state index is 4.28. The fraction of sp³-hybridized carbons (Fsp3) is 0.462. The van der Waals surface area contributed by atoms with Crippen LogP contribution in [0.3, 0.4) is 0 Å². The smallest absolute Gasteiger partial charge is 0.0404 e. The third-order valence-electron chi connectivity index (χ3n) is 2.26. The number of pyridine rings is 1. The normalized spacial score (nSPS) is 9.93. The second kappa shape index (κ2) is 7.04. The van der Waals surface area contributed by atoms with E-state index >= 15 is 0 Å². The lowest BCUT2D eigenvalue weighted by atomic mass is 10.2. The van der Waals surface area contributed by atoms with Crippen LogP contribution in [0.4, 0.5) is 0 Å². The van der Waals surface area contributed by atoms with Crippen LogP contribution < -0.4 is 5.32 Å². The van der Waals surface area contributed by atoms with Crippen molar-refractivity contribution < 1.29 is 0 Å². The summed E-state index contributed by atoms with van der Waals surface area (Å²) in [5.41, 5.74) is 2.32. The molecule has 0 aliphatic heterocycles. The van der Waals surface area contributed by atoms with Gasteiger partial charge in [0.1, 0.15) is 0 Å². The SMILES string of the molecule is C=C(CCC)NCCCc1ccccn1. The second-order valence-electron chi connectivity index (χ2n) is 3.70. The highest BCUT2D eigenvalue weighted by molar-refractivity contribution is 5.03. The van der Waals surface area contributed by atoms with Gasteiger partial charge in [0.05, 0.1) is 0 Å². The average molecular weight is 204 g/mol. The van der Waals surface area contributed by atoms with Gasteiger partial charge in [-0.1, -0.05) is 26.0 Å². The number of hydrogen-bond donors (Lipinski definition) is 1. The van der Waals surface area contributed by atoms with E-state index in [0.29, 0.717) is 0 Å². The number of aryl methyl sites for hydroxylation is 1. The first-order valence-corrected chi connectivity index (χ1v) is 5.64. The van der Waals surface area contributed by atoms with Crippen LogP contribution in [0.25, 0.3) is 0 Å². The van der Waals surface area contributed by atoms with Crippen LogP contribution >= 0.6 is 0 Å². The number of aromatic nitrogens is 1. The summed E-state index contributed by atoms with van der Waals surface area (Å²) in [6.45, 7) is 7.13.